The third-order valence-electron chi connectivity index (χ3n) is 2.28. The van der Waals surface area contributed by atoms with Gasteiger partial charge in [-0.05, 0) is 13.0 Å². The molecular formula is C8H15N2O3P. The molecule has 0 aromatic carbocycles. The number of hydrogen-bond acceptors (Lipinski definition) is 4. The standard InChI is InChI=1S/C8H15N2O3P/c11-8(12)7-6-10(4-2-9-7)3-1-5-14-13/h7,9H,1-6H2,(H,11,12). The maximum absolute atomic E-state index is 10.7. The lowest BCUT2D eigenvalue weighted by Crippen LogP contribution is -2.54. The van der Waals surface area contributed by atoms with Gasteiger partial charge in [0.1, 0.15) is 6.04 Å². The van der Waals surface area contributed by atoms with Crippen molar-refractivity contribution >= 4 is 14.4 Å². The maximum Gasteiger partial charge on any atom is 0.322 e. The van der Waals surface area contributed by atoms with Gasteiger partial charge in [-0.25, -0.2) is 0 Å². The van der Waals surface area contributed by atoms with E-state index in [1.165, 1.54) is 0 Å². The summed E-state index contributed by atoms with van der Waals surface area (Å²) in [6.07, 6.45) is 1.51. The molecule has 6 heteroatoms. The van der Waals surface area contributed by atoms with Crippen LogP contribution in [0.15, 0.2) is 0 Å². The zero-order chi connectivity index (χ0) is 10.4. The number of carbonyl (C=O) groups is 1. The van der Waals surface area contributed by atoms with Crippen molar-refractivity contribution in [2.45, 2.75) is 12.5 Å². The number of hydrogen-bond donors (Lipinski definition) is 2. The van der Waals surface area contributed by atoms with E-state index in [1.54, 1.807) is 0 Å². The molecule has 1 rings (SSSR count). The van der Waals surface area contributed by atoms with Crippen LogP contribution in [-0.4, -0.2) is 54.4 Å². The van der Waals surface area contributed by atoms with Crippen LogP contribution in [0.5, 0.6) is 0 Å². The Balaban J connectivity index is 2.25. The summed E-state index contributed by atoms with van der Waals surface area (Å²) in [5, 5.41) is 11.7. The fourth-order valence-corrected chi connectivity index (χ4v) is 1.81. The van der Waals surface area contributed by atoms with Crippen LogP contribution < -0.4 is 5.32 Å². The van der Waals surface area contributed by atoms with Crippen molar-refractivity contribution in [1.82, 2.24) is 10.2 Å². The van der Waals surface area contributed by atoms with Crippen molar-refractivity contribution in [1.29, 1.82) is 0 Å². The Labute approximate surface area is 84.7 Å². The third kappa shape index (κ3) is 3.70. The normalized spacial score (nSPS) is 23.9. The van der Waals surface area contributed by atoms with Gasteiger partial charge in [-0.15, -0.1) is 0 Å². The summed E-state index contributed by atoms with van der Waals surface area (Å²) < 4.78 is 10.2. The van der Waals surface area contributed by atoms with Crippen molar-refractivity contribution < 1.29 is 14.5 Å². The highest BCUT2D eigenvalue weighted by Gasteiger charge is 2.23. The van der Waals surface area contributed by atoms with E-state index in [4.69, 9.17) is 5.11 Å². The first kappa shape index (κ1) is 11.6. The highest BCUT2D eigenvalue weighted by Crippen LogP contribution is 2.03. The molecule has 0 spiro atoms. The molecule has 1 unspecified atom stereocenters. The molecule has 0 aliphatic carbocycles. The third-order valence-corrected chi connectivity index (χ3v) is 2.78. The summed E-state index contributed by atoms with van der Waals surface area (Å²) in [7, 11) is 0.174. The minimum atomic E-state index is -0.795. The van der Waals surface area contributed by atoms with Gasteiger partial charge in [0.15, 0.2) is 8.46 Å². The molecule has 0 bridgehead atoms. The molecule has 0 amide bonds. The van der Waals surface area contributed by atoms with Gasteiger partial charge in [0.25, 0.3) is 0 Å². The second kappa shape index (κ2) is 6.06. The summed E-state index contributed by atoms with van der Waals surface area (Å²) in [5.74, 6) is -0.795. The Kier molecular flexibility index (Phi) is 5.01. The Hall–Kier alpha value is -0.510. The SMILES string of the molecule is O=PCCCN1CCNC(C(=O)O)C1. The summed E-state index contributed by atoms with van der Waals surface area (Å²) in [6.45, 7) is 2.97. The molecule has 0 aromatic heterocycles. The van der Waals surface area contributed by atoms with E-state index < -0.39 is 12.0 Å². The molecule has 5 nitrogen and oxygen atoms in total. The van der Waals surface area contributed by atoms with E-state index in [9.17, 15) is 9.36 Å². The fourth-order valence-electron chi connectivity index (χ4n) is 1.54. The molecule has 0 radical (unpaired) electrons. The van der Waals surface area contributed by atoms with E-state index in [2.05, 4.69) is 10.2 Å². The molecule has 1 atom stereocenters. The Morgan fingerprint density at radius 1 is 1.64 bits per heavy atom. The lowest BCUT2D eigenvalue weighted by molar-refractivity contribution is -0.140. The number of nitrogens with one attached hydrogen (secondary N) is 1. The van der Waals surface area contributed by atoms with E-state index in [0.717, 1.165) is 19.5 Å². The number of carboxylic acid groups (broad SMARTS) is 1. The Bertz CT molecular complexity index is 213. The summed E-state index contributed by atoms with van der Waals surface area (Å²) in [5.41, 5.74) is 0. The topological polar surface area (TPSA) is 69.6 Å². The molecule has 1 aliphatic heterocycles. The maximum atomic E-state index is 10.7. The first-order valence-electron chi connectivity index (χ1n) is 4.71. The average molecular weight is 218 g/mol. The van der Waals surface area contributed by atoms with Crippen LogP contribution in [-0.2, 0) is 9.36 Å². The van der Waals surface area contributed by atoms with Crippen LogP contribution in [0.4, 0.5) is 0 Å². The minimum absolute atomic E-state index is 0.174. The average Bonchev–Trinajstić information content (AvgIpc) is 2.19. The molecule has 0 aromatic rings. The van der Waals surface area contributed by atoms with Crippen LogP contribution in [0.25, 0.3) is 0 Å². The van der Waals surface area contributed by atoms with Crippen molar-refractivity contribution in [2.75, 3.05) is 32.3 Å². The predicted octanol–water partition coefficient (Wildman–Crippen LogP) is 0.0266. The molecule has 14 heavy (non-hydrogen) atoms. The summed E-state index contributed by atoms with van der Waals surface area (Å²) in [6, 6.07) is -0.450. The number of carboxylic acids is 1. The molecule has 1 saturated heterocycles. The van der Waals surface area contributed by atoms with E-state index >= 15 is 0 Å². The zero-order valence-corrected chi connectivity index (χ0v) is 8.87. The van der Waals surface area contributed by atoms with Gasteiger partial charge in [0, 0.05) is 25.8 Å². The molecule has 1 aliphatic rings. The van der Waals surface area contributed by atoms with Gasteiger partial charge in [-0.1, -0.05) is 0 Å². The highest BCUT2D eigenvalue weighted by molar-refractivity contribution is 7.23. The van der Waals surface area contributed by atoms with Crippen LogP contribution >= 0.6 is 8.46 Å². The summed E-state index contributed by atoms with van der Waals surface area (Å²) >= 11 is 0. The van der Waals surface area contributed by atoms with Gasteiger partial charge in [-0.2, -0.15) is 0 Å². The van der Waals surface area contributed by atoms with Gasteiger partial charge < -0.3 is 10.4 Å². The Morgan fingerprint density at radius 3 is 3.07 bits per heavy atom. The lowest BCUT2D eigenvalue weighted by atomic mass is 10.2. The number of piperazine rings is 1. The van der Waals surface area contributed by atoms with E-state index in [0.29, 0.717) is 19.3 Å². The second-order valence-electron chi connectivity index (χ2n) is 3.35. The molecule has 0 saturated carbocycles. The van der Waals surface area contributed by atoms with Gasteiger partial charge >= 0.3 is 5.97 Å². The summed E-state index contributed by atoms with van der Waals surface area (Å²) in [4.78, 5) is 12.8. The lowest BCUT2D eigenvalue weighted by Gasteiger charge is -2.31. The van der Waals surface area contributed by atoms with Gasteiger partial charge in [0.2, 0.25) is 0 Å². The number of rotatable bonds is 5. The zero-order valence-electron chi connectivity index (χ0n) is 7.98. The predicted molar refractivity (Wildman–Crippen MR) is 53.0 cm³/mol. The monoisotopic (exact) mass is 218 g/mol. The molecule has 80 valence electrons. The molecular weight excluding hydrogens is 203 g/mol. The molecule has 2 N–H and O–H groups in total. The Morgan fingerprint density at radius 2 is 2.43 bits per heavy atom. The number of nitrogens with zero attached hydrogens (tertiary/aromatic N) is 1. The van der Waals surface area contributed by atoms with Crippen LogP contribution in [0.1, 0.15) is 6.42 Å². The van der Waals surface area contributed by atoms with Crippen molar-refractivity contribution in [2.24, 2.45) is 0 Å². The van der Waals surface area contributed by atoms with Crippen LogP contribution in [0.3, 0.4) is 0 Å². The van der Waals surface area contributed by atoms with Gasteiger partial charge in [0.05, 0.1) is 0 Å². The van der Waals surface area contributed by atoms with Crippen LogP contribution in [0.2, 0.25) is 0 Å². The fraction of sp³-hybridized carbons (Fsp3) is 0.875. The minimum Gasteiger partial charge on any atom is -0.480 e. The molecule has 1 heterocycles. The second-order valence-corrected chi connectivity index (χ2v) is 4.06. The van der Waals surface area contributed by atoms with Crippen molar-refractivity contribution in [3.8, 4) is 0 Å². The molecule has 1 fully saturated rings. The quantitative estimate of drug-likeness (QED) is 0.503. The van der Waals surface area contributed by atoms with Gasteiger partial charge in [-0.3, -0.25) is 14.3 Å². The number of aliphatic carboxylic acids is 1. The smallest absolute Gasteiger partial charge is 0.322 e. The first-order chi connectivity index (χ1) is 6.74. The van der Waals surface area contributed by atoms with E-state index in [1.807, 2.05) is 0 Å². The van der Waals surface area contributed by atoms with Crippen molar-refractivity contribution in [3.05, 3.63) is 0 Å². The van der Waals surface area contributed by atoms with E-state index in [-0.39, 0.29) is 8.46 Å². The largest absolute Gasteiger partial charge is 0.480 e. The van der Waals surface area contributed by atoms with Crippen LogP contribution in [0, 0.1) is 0 Å². The van der Waals surface area contributed by atoms with Crippen molar-refractivity contribution in [3.63, 3.8) is 0 Å². The highest BCUT2D eigenvalue weighted by atomic mass is 31.1. The first-order valence-corrected chi connectivity index (χ1v) is 5.71.